The number of carbonyl (C=O) groups is 2. The molecule has 0 atom stereocenters. The molecule has 0 saturated heterocycles. The Morgan fingerprint density at radius 2 is 1.78 bits per heavy atom. The van der Waals surface area contributed by atoms with Gasteiger partial charge in [-0.15, -0.1) is 0 Å². The van der Waals surface area contributed by atoms with E-state index in [0.717, 1.165) is 17.7 Å². The lowest BCUT2D eigenvalue weighted by atomic mass is 10.2. The van der Waals surface area contributed by atoms with Crippen LogP contribution in [0.3, 0.4) is 0 Å². The maximum Gasteiger partial charge on any atom is 0.246 e. The van der Waals surface area contributed by atoms with E-state index in [9.17, 15) is 9.59 Å². The van der Waals surface area contributed by atoms with E-state index in [4.69, 9.17) is 0 Å². The van der Waals surface area contributed by atoms with Crippen molar-refractivity contribution in [1.82, 2.24) is 5.32 Å². The molecule has 1 aliphatic rings. The maximum absolute atomic E-state index is 12.3. The largest absolute Gasteiger partial charge is 0.343 e. The summed E-state index contributed by atoms with van der Waals surface area (Å²) in [6.07, 6.45) is 4.04. The summed E-state index contributed by atoms with van der Waals surface area (Å²) < 4.78 is 0. The summed E-state index contributed by atoms with van der Waals surface area (Å²) in [4.78, 5) is 25.8. The fourth-order valence-corrected chi connectivity index (χ4v) is 2.65. The summed E-state index contributed by atoms with van der Waals surface area (Å²) in [6, 6.07) is 17.4. The first-order valence-electron chi connectivity index (χ1n) is 7.63. The third kappa shape index (κ3) is 3.66. The molecule has 0 saturated carbocycles. The quantitative estimate of drug-likeness (QED) is 0.882. The molecule has 23 heavy (non-hydrogen) atoms. The standard InChI is InChI=1S/C19H18N2O2/c22-18(11-10-15-6-2-1-3-7-15)20-14-19(23)21-13-12-16-8-4-5-9-17(16)21/h1-11H,12-14H2,(H,20,22)/b11-10+. The first-order valence-corrected chi connectivity index (χ1v) is 7.63. The van der Waals surface area contributed by atoms with Crippen molar-refractivity contribution in [3.8, 4) is 0 Å². The van der Waals surface area contributed by atoms with Gasteiger partial charge in [-0.05, 0) is 29.7 Å². The van der Waals surface area contributed by atoms with E-state index in [2.05, 4.69) is 5.32 Å². The van der Waals surface area contributed by atoms with Gasteiger partial charge in [-0.25, -0.2) is 0 Å². The predicted octanol–water partition coefficient (Wildman–Crippen LogP) is 2.41. The Morgan fingerprint density at radius 3 is 2.61 bits per heavy atom. The van der Waals surface area contributed by atoms with E-state index in [1.54, 1.807) is 11.0 Å². The highest BCUT2D eigenvalue weighted by Gasteiger charge is 2.23. The third-order valence-corrected chi connectivity index (χ3v) is 3.83. The highest BCUT2D eigenvalue weighted by Crippen LogP contribution is 2.27. The smallest absolute Gasteiger partial charge is 0.246 e. The minimum atomic E-state index is -0.269. The van der Waals surface area contributed by atoms with E-state index in [-0.39, 0.29) is 18.4 Å². The Labute approximate surface area is 135 Å². The number of fused-ring (bicyclic) bond motifs is 1. The van der Waals surface area contributed by atoms with Crippen LogP contribution in [0.25, 0.3) is 6.08 Å². The molecule has 1 aliphatic heterocycles. The van der Waals surface area contributed by atoms with Gasteiger partial charge in [0.1, 0.15) is 0 Å². The van der Waals surface area contributed by atoms with Crippen LogP contribution in [0.4, 0.5) is 5.69 Å². The maximum atomic E-state index is 12.3. The van der Waals surface area contributed by atoms with Crippen molar-refractivity contribution in [3.05, 3.63) is 71.8 Å². The van der Waals surface area contributed by atoms with Crippen LogP contribution in [-0.4, -0.2) is 24.9 Å². The zero-order valence-electron chi connectivity index (χ0n) is 12.7. The van der Waals surface area contributed by atoms with E-state index in [1.807, 2.05) is 54.6 Å². The number of rotatable bonds is 4. The first kappa shape index (κ1) is 15.0. The predicted molar refractivity (Wildman–Crippen MR) is 91.0 cm³/mol. The molecule has 1 heterocycles. The number of anilines is 1. The van der Waals surface area contributed by atoms with Gasteiger partial charge in [-0.3, -0.25) is 9.59 Å². The molecule has 2 aromatic carbocycles. The molecule has 2 amide bonds. The number of hydrogen-bond acceptors (Lipinski definition) is 2. The van der Waals surface area contributed by atoms with Crippen molar-refractivity contribution in [2.75, 3.05) is 18.0 Å². The molecule has 4 heteroatoms. The molecule has 0 aromatic heterocycles. The second-order valence-electron chi connectivity index (χ2n) is 5.39. The molecule has 2 aromatic rings. The van der Waals surface area contributed by atoms with Gasteiger partial charge in [0.2, 0.25) is 11.8 Å². The molecule has 3 rings (SSSR count). The highest BCUT2D eigenvalue weighted by molar-refractivity contribution is 6.00. The van der Waals surface area contributed by atoms with Crippen LogP contribution in [0, 0.1) is 0 Å². The van der Waals surface area contributed by atoms with E-state index < -0.39 is 0 Å². The van der Waals surface area contributed by atoms with E-state index >= 15 is 0 Å². The molecule has 0 unspecified atom stereocenters. The van der Waals surface area contributed by atoms with Crippen LogP contribution in [-0.2, 0) is 16.0 Å². The molecule has 116 valence electrons. The number of para-hydroxylation sites is 1. The van der Waals surface area contributed by atoms with Crippen molar-refractivity contribution in [2.45, 2.75) is 6.42 Å². The zero-order chi connectivity index (χ0) is 16.1. The fraction of sp³-hybridized carbons (Fsp3) is 0.158. The Bertz CT molecular complexity index is 738. The average molecular weight is 306 g/mol. The summed E-state index contributed by atoms with van der Waals surface area (Å²) in [6.45, 7) is 0.681. The number of carbonyl (C=O) groups excluding carboxylic acids is 2. The van der Waals surface area contributed by atoms with Crippen molar-refractivity contribution in [3.63, 3.8) is 0 Å². The second kappa shape index (κ2) is 6.92. The van der Waals surface area contributed by atoms with Gasteiger partial charge in [-0.2, -0.15) is 0 Å². The Kier molecular flexibility index (Phi) is 4.52. The van der Waals surface area contributed by atoms with Crippen LogP contribution >= 0.6 is 0 Å². The molecule has 4 nitrogen and oxygen atoms in total. The zero-order valence-corrected chi connectivity index (χ0v) is 12.7. The van der Waals surface area contributed by atoms with E-state index in [1.165, 1.54) is 11.6 Å². The van der Waals surface area contributed by atoms with Crippen LogP contribution in [0.5, 0.6) is 0 Å². The SMILES string of the molecule is O=C(/C=C/c1ccccc1)NCC(=O)N1CCc2ccccc21. The van der Waals surface area contributed by atoms with Gasteiger partial charge in [0, 0.05) is 18.3 Å². The first-order chi connectivity index (χ1) is 11.2. The number of nitrogens with zero attached hydrogens (tertiary/aromatic N) is 1. The molecule has 1 N–H and O–H groups in total. The molecule has 0 radical (unpaired) electrons. The Balaban J connectivity index is 1.54. The van der Waals surface area contributed by atoms with Crippen molar-refractivity contribution < 1.29 is 9.59 Å². The third-order valence-electron chi connectivity index (χ3n) is 3.83. The van der Waals surface area contributed by atoms with Crippen molar-refractivity contribution >= 4 is 23.6 Å². The lowest BCUT2D eigenvalue weighted by Gasteiger charge is -2.17. The second-order valence-corrected chi connectivity index (χ2v) is 5.39. The summed E-state index contributed by atoms with van der Waals surface area (Å²) in [7, 11) is 0. The number of nitrogens with one attached hydrogen (secondary N) is 1. The van der Waals surface area contributed by atoms with Crippen LogP contribution < -0.4 is 10.2 Å². The fourth-order valence-electron chi connectivity index (χ4n) is 2.65. The van der Waals surface area contributed by atoms with E-state index in [0.29, 0.717) is 6.54 Å². The summed E-state index contributed by atoms with van der Waals surface area (Å²) in [5.74, 6) is -0.355. The Hall–Kier alpha value is -2.88. The van der Waals surface area contributed by atoms with Gasteiger partial charge >= 0.3 is 0 Å². The molecule has 0 aliphatic carbocycles. The lowest BCUT2D eigenvalue weighted by molar-refractivity contribution is -0.122. The highest BCUT2D eigenvalue weighted by atomic mass is 16.2. The molecule has 0 fully saturated rings. The van der Waals surface area contributed by atoms with Crippen molar-refractivity contribution in [2.24, 2.45) is 0 Å². The molecule has 0 spiro atoms. The van der Waals surface area contributed by atoms with Crippen LogP contribution in [0.1, 0.15) is 11.1 Å². The van der Waals surface area contributed by atoms with Gasteiger partial charge in [-0.1, -0.05) is 48.5 Å². The van der Waals surface area contributed by atoms with Gasteiger partial charge in [0.25, 0.3) is 0 Å². The Morgan fingerprint density at radius 1 is 1.04 bits per heavy atom. The van der Waals surface area contributed by atoms with Gasteiger partial charge < -0.3 is 10.2 Å². The molecular weight excluding hydrogens is 288 g/mol. The molecular formula is C19H18N2O2. The van der Waals surface area contributed by atoms with Crippen LogP contribution in [0.15, 0.2) is 60.7 Å². The topological polar surface area (TPSA) is 49.4 Å². The summed E-state index contributed by atoms with van der Waals surface area (Å²) in [5, 5.41) is 2.64. The van der Waals surface area contributed by atoms with Gasteiger partial charge in [0.15, 0.2) is 0 Å². The van der Waals surface area contributed by atoms with Crippen LogP contribution in [0.2, 0.25) is 0 Å². The number of benzene rings is 2. The normalized spacial score (nSPS) is 13.1. The number of amides is 2. The van der Waals surface area contributed by atoms with Gasteiger partial charge in [0.05, 0.1) is 6.54 Å². The number of hydrogen-bond donors (Lipinski definition) is 1. The monoisotopic (exact) mass is 306 g/mol. The lowest BCUT2D eigenvalue weighted by Crippen LogP contribution is -2.38. The minimum absolute atomic E-state index is 0.00625. The molecule has 0 bridgehead atoms. The van der Waals surface area contributed by atoms with Crippen molar-refractivity contribution in [1.29, 1.82) is 0 Å². The summed E-state index contributed by atoms with van der Waals surface area (Å²) in [5.41, 5.74) is 3.07. The summed E-state index contributed by atoms with van der Waals surface area (Å²) >= 11 is 0. The average Bonchev–Trinajstić information content (AvgIpc) is 3.03. The minimum Gasteiger partial charge on any atom is -0.343 e.